The van der Waals surface area contributed by atoms with Crippen LogP contribution in [-0.4, -0.2) is 25.4 Å². The molecule has 124 valence electrons. The third-order valence-corrected chi connectivity index (χ3v) is 6.00. The second-order valence-corrected chi connectivity index (χ2v) is 8.05. The molecular formula is C16H18O5S2. The summed E-state index contributed by atoms with van der Waals surface area (Å²) in [5, 5.41) is 9.47. The summed E-state index contributed by atoms with van der Waals surface area (Å²) < 4.78 is 29.9. The number of thiophene rings is 1. The van der Waals surface area contributed by atoms with Crippen molar-refractivity contribution in [1.29, 1.82) is 0 Å². The molecule has 0 bridgehead atoms. The lowest BCUT2D eigenvalue weighted by Crippen LogP contribution is -2.18. The number of ketones is 1. The van der Waals surface area contributed by atoms with Gasteiger partial charge in [0.2, 0.25) is 0 Å². The molecule has 0 aliphatic rings. The van der Waals surface area contributed by atoms with Crippen LogP contribution in [0.1, 0.15) is 34.0 Å². The minimum Gasteiger partial charge on any atom is -0.508 e. The first-order valence-electron chi connectivity index (χ1n) is 7.01. The highest BCUT2D eigenvalue weighted by atomic mass is 32.2. The zero-order chi connectivity index (χ0) is 17.2. The van der Waals surface area contributed by atoms with Gasteiger partial charge in [-0.3, -0.25) is 8.98 Å². The Bertz CT molecular complexity index is 821. The third kappa shape index (κ3) is 4.40. The highest BCUT2D eigenvalue weighted by Gasteiger charge is 2.22. The number of rotatable bonds is 6. The summed E-state index contributed by atoms with van der Waals surface area (Å²) in [5.41, 5.74) is 0.505. The Morgan fingerprint density at radius 1 is 1.30 bits per heavy atom. The van der Waals surface area contributed by atoms with Crippen molar-refractivity contribution in [3.63, 3.8) is 0 Å². The molecule has 0 aliphatic heterocycles. The maximum absolute atomic E-state index is 12.3. The number of hydrogen-bond donors (Lipinski definition) is 1. The van der Waals surface area contributed by atoms with E-state index in [0.717, 1.165) is 4.88 Å². The van der Waals surface area contributed by atoms with E-state index >= 15 is 0 Å². The first-order chi connectivity index (χ1) is 10.7. The van der Waals surface area contributed by atoms with Crippen molar-refractivity contribution in [3.05, 3.63) is 45.6 Å². The second-order valence-electron chi connectivity index (χ2n) is 5.34. The Morgan fingerprint density at radius 2 is 2.00 bits per heavy atom. The summed E-state index contributed by atoms with van der Waals surface area (Å²) in [6, 6.07) is 7.65. The molecule has 7 heteroatoms. The lowest BCUT2D eigenvalue weighted by molar-refractivity contribution is 0.102. The number of hydrogen-bond acceptors (Lipinski definition) is 6. The molecular weight excluding hydrogens is 336 g/mol. The number of phenols is 1. The van der Waals surface area contributed by atoms with Gasteiger partial charge in [0, 0.05) is 17.4 Å². The summed E-state index contributed by atoms with van der Waals surface area (Å²) >= 11 is 1.33. The van der Waals surface area contributed by atoms with Gasteiger partial charge in [-0.1, -0.05) is 6.07 Å². The van der Waals surface area contributed by atoms with Crippen LogP contribution in [0.25, 0.3) is 0 Å². The Morgan fingerprint density at radius 3 is 2.61 bits per heavy atom. The van der Waals surface area contributed by atoms with Gasteiger partial charge in [0.25, 0.3) is 10.1 Å². The fraction of sp³-hybridized carbons (Fsp3) is 0.312. The average Bonchev–Trinajstić information content (AvgIpc) is 2.89. The van der Waals surface area contributed by atoms with Crippen molar-refractivity contribution in [2.75, 3.05) is 0 Å². The lowest BCUT2D eigenvalue weighted by atomic mass is 10.2. The number of benzene rings is 1. The van der Waals surface area contributed by atoms with Gasteiger partial charge in [-0.05, 0) is 44.5 Å². The van der Waals surface area contributed by atoms with Gasteiger partial charge in [0.05, 0.1) is 11.0 Å². The number of Topliss-reactive ketones (excluding diaryl/α,β-unsaturated/α-hetero) is 1. The van der Waals surface area contributed by atoms with Crippen LogP contribution in [0, 0.1) is 6.92 Å². The molecule has 0 amide bonds. The number of aryl methyl sites for hydroxylation is 1. The van der Waals surface area contributed by atoms with Crippen LogP contribution in [0.3, 0.4) is 0 Å². The third-order valence-electron chi connectivity index (χ3n) is 3.23. The Kier molecular flexibility index (Phi) is 5.23. The molecule has 2 aromatic rings. The van der Waals surface area contributed by atoms with Crippen molar-refractivity contribution >= 4 is 27.2 Å². The largest absolute Gasteiger partial charge is 0.508 e. The van der Waals surface area contributed by atoms with E-state index in [1.165, 1.54) is 36.5 Å². The zero-order valence-electron chi connectivity index (χ0n) is 13.1. The van der Waals surface area contributed by atoms with Crippen molar-refractivity contribution < 1.29 is 22.5 Å². The van der Waals surface area contributed by atoms with E-state index in [4.69, 9.17) is 4.18 Å². The van der Waals surface area contributed by atoms with Gasteiger partial charge in [-0.25, -0.2) is 0 Å². The van der Waals surface area contributed by atoms with E-state index in [1.807, 2.05) is 0 Å². The van der Waals surface area contributed by atoms with Crippen LogP contribution in [0.2, 0.25) is 0 Å². The number of phenolic OH excluding ortho intramolecular Hbond substituents is 1. The first kappa shape index (κ1) is 17.7. The first-order valence-corrected chi connectivity index (χ1v) is 9.24. The molecule has 0 radical (unpaired) electrons. The van der Waals surface area contributed by atoms with E-state index in [2.05, 4.69) is 0 Å². The van der Waals surface area contributed by atoms with Crippen LogP contribution in [-0.2, 0) is 20.7 Å². The number of carbonyl (C=O) groups is 1. The predicted molar refractivity (Wildman–Crippen MR) is 88.6 cm³/mol. The number of carbonyl (C=O) groups excluding carboxylic acids is 1. The Balaban J connectivity index is 2.13. The van der Waals surface area contributed by atoms with Gasteiger partial charge < -0.3 is 5.11 Å². The minimum atomic E-state index is -3.96. The highest BCUT2D eigenvalue weighted by Crippen LogP contribution is 2.25. The molecule has 1 unspecified atom stereocenters. The molecule has 0 saturated heterocycles. The Labute approximate surface area is 139 Å². The molecule has 0 aliphatic carbocycles. The predicted octanol–water partition coefficient (Wildman–Crippen LogP) is 3.30. The maximum atomic E-state index is 12.3. The second kappa shape index (κ2) is 6.82. The minimum absolute atomic E-state index is 0.0159. The van der Waals surface area contributed by atoms with Gasteiger partial charge in [-0.15, -0.1) is 11.3 Å². The zero-order valence-corrected chi connectivity index (χ0v) is 14.7. The van der Waals surface area contributed by atoms with Crippen molar-refractivity contribution in [3.8, 4) is 5.75 Å². The molecule has 1 N–H and O–H groups in total. The molecule has 1 aromatic heterocycles. The Hall–Kier alpha value is -1.70. The van der Waals surface area contributed by atoms with E-state index in [-0.39, 0.29) is 16.4 Å². The van der Waals surface area contributed by atoms with Gasteiger partial charge >= 0.3 is 0 Å². The van der Waals surface area contributed by atoms with Crippen LogP contribution in [0.15, 0.2) is 35.2 Å². The molecule has 0 fully saturated rings. The summed E-state index contributed by atoms with van der Waals surface area (Å²) in [7, 11) is -3.96. The molecule has 23 heavy (non-hydrogen) atoms. The monoisotopic (exact) mass is 354 g/mol. The summed E-state index contributed by atoms with van der Waals surface area (Å²) in [4.78, 5) is 12.8. The van der Waals surface area contributed by atoms with Crippen LogP contribution in [0.4, 0.5) is 0 Å². The quantitative estimate of drug-likeness (QED) is 0.636. The van der Waals surface area contributed by atoms with Crippen LogP contribution >= 0.6 is 11.3 Å². The van der Waals surface area contributed by atoms with Crippen molar-refractivity contribution in [2.45, 2.75) is 38.2 Å². The highest BCUT2D eigenvalue weighted by molar-refractivity contribution is 7.86. The summed E-state index contributed by atoms with van der Waals surface area (Å²) in [6.45, 7) is 4.78. The van der Waals surface area contributed by atoms with E-state index in [0.29, 0.717) is 16.9 Å². The van der Waals surface area contributed by atoms with Gasteiger partial charge in [0.15, 0.2) is 5.78 Å². The standard InChI is InChI=1S/C16H18O5S2/c1-10-4-5-13(18)9-16(10)23(19,20)21-11(2)8-14-6-7-15(22-14)12(3)17/h4-7,9,11,18H,8H2,1-3H3. The molecule has 0 saturated carbocycles. The number of aromatic hydroxyl groups is 1. The van der Waals surface area contributed by atoms with E-state index in [1.54, 1.807) is 26.0 Å². The maximum Gasteiger partial charge on any atom is 0.297 e. The molecule has 2 rings (SSSR count). The molecule has 5 nitrogen and oxygen atoms in total. The molecule has 1 heterocycles. The van der Waals surface area contributed by atoms with Crippen LogP contribution < -0.4 is 0 Å². The van der Waals surface area contributed by atoms with Crippen molar-refractivity contribution in [2.24, 2.45) is 0 Å². The smallest absolute Gasteiger partial charge is 0.297 e. The van der Waals surface area contributed by atoms with E-state index in [9.17, 15) is 18.3 Å². The van der Waals surface area contributed by atoms with Gasteiger partial charge in [0.1, 0.15) is 10.6 Å². The lowest BCUT2D eigenvalue weighted by Gasteiger charge is -2.13. The molecule has 1 atom stereocenters. The normalized spacial score (nSPS) is 13.0. The summed E-state index contributed by atoms with van der Waals surface area (Å²) in [6.07, 6.45) is -0.199. The summed E-state index contributed by atoms with van der Waals surface area (Å²) in [5.74, 6) is -0.146. The van der Waals surface area contributed by atoms with Gasteiger partial charge in [-0.2, -0.15) is 8.42 Å². The van der Waals surface area contributed by atoms with E-state index < -0.39 is 16.2 Å². The average molecular weight is 354 g/mol. The van der Waals surface area contributed by atoms with Crippen molar-refractivity contribution in [1.82, 2.24) is 0 Å². The fourth-order valence-corrected chi connectivity index (χ4v) is 4.47. The topological polar surface area (TPSA) is 80.7 Å². The molecule has 0 spiro atoms. The van der Waals surface area contributed by atoms with Crippen LogP contribution in [0.5, 0.6) is 5.75 Å². The molecule has 1 aromatic carbocycles. The fourth-order valence-electron chi connectivity index (χ4n) is 2.12. The SMILES string of the molecule is CC(=O)c1ccc(CC(C)OS(=O)(=O)c2cc(O)ccc2C)s1.